The first-order valence-corrected chi connectivity index (χ1v) is 8.72. The number of para-hydroxylation sites is 1. The summed E-state index contributed by atoms with van der Waals surface area (Å²) in [6, 6.07) is 12.8. The summed E-state index contributed by atoms with van der Waals surface area (Å²) in [5.74, 6) is 0.903. The summed E-state index contributed by atoms with van der Waals surface area (Å²) >= 11 is 0. The molecule has 1 aliphatic heterocycles. The van der Waals surface area contributed by atoms with Gasteiger partial charge in [0.05, 0.1) is 19.3 Å². The maximum Gasteiger partial charge on any atom is 0.217 e. The van der Waals surface area contributed by atoms with Gasteiger partial charge in [-0.1, -0.05) is 18.2 Å². The highest BCUT2D eigenvalue weighted by Gasteiger charge is 2.26. The van der Waals surface area contributed by atoms with Crippen LogP contribution in [0.25, 0.3) is 0 Å². The number of nitrogens with one attached hydrogen (secondary N) is 1. The van der Waals surface area contributed by atoms with E-state index in [4.69, 9.17) is 4.74 Å². The van der Waals surface area contributed by atoms with Crippen LogP contribution in [0.1, 0.15) is 42.6 Å². The number of methoxy groups -OCH3 is 1. The Kier molecular flexibility index (Phi) is 5.66. The summed E-state index contributed by atoms with van der Waals surface area (Å²) in [6.07, 6.45) is 4.16. The first-order valence-electron chi connectivity index (χ1n) is 8.72. The van der Waals surface area contributed by atoms with Crippen LogP contribution in [-0.4, -0.2) is 29.4 Å². The zero-order chi connectivity index (χ0) is 17.6. The Morgan fingerprint density at radius 2 is 2.20 bits per heavy atom. The van der Waals surface area contributed by atoms with Crippen LogP contribution in [0, 0.1) is 0 Å². The van der Waals surface area contributed by atoms with Crippen LogP contribution in [0.3, 0.4) is 0 Å². The third-order valence-corrected chi connectivity index (χ3v) is 4.67. The topological polar surface area (TPSA) is 54.5 Å². The fraction of sp³-hybridized carbons (Fsp3) is 0.400. The monoisotopic (exact) mass is 339 g/mol. The number of likely N-dealkylation sites (tertiary alicyclic amines) is 1. The average Bonchev–Trinajstić information content (AvgIpc) is 3.09. The molecule has 0 spiro atoms. The molecule has 1 atom stereocenters. The molecular formula is C20H25N3O2. The zero-order valence-corrected chi connectivity index (χ0v) is 14.9. The molecule has 2 heterocycles. The Morgan fingerprint density at radius 1 is 1.36 bits per heavy atom. The van der Waals surface area contributed by atoms with Crippen molar-refractivity contribution in [3.63, 3.8) is 0 Å². The molecule has 2 aromatic rings. The molecule has 1 aliphatic rings. The lowest BCUT2D eigenvalue weighted by molar-refractivity contribution is -0.119. The zero-order valence-electron chi connectivity index (χ0n) is 14.9. The number of hydrogen-bond acceptors (Lipinski definition) is 4. The van der Waals surface area contributed by atoms with Gasteiger partial charge in [0.2, 0.25) is 5.91 Å². The van der Waals surface area contributed by atoms with Crippen molar-refractivity contribution < 1.29 is 9.53 Å². The van der Waals surface area contributed by atoms with Crippen LogP contribution in [0.15, 0.2) is 42.6 Å². The molecule has 25 heavy (non-hydrogen) atoms. The Morgan fingerprint density at radius 3 is 3.00 bits per heavy atom. The Balaban J connectivity index is 1.75. The first-order chi connectivity index (χ1) is 12.2. The SMILES string of the molecule is COc1ccccc1CN1CCC[C@H]1c1ccnc(CNC(C)=O)c1. The minimum absolute atomic E-state index is 0.0362. The lowest BCUT2D eigenvalue weighted by Gasteiger charge is -2.26. The van der Waals surface area contributed by atoms with Crippen molar-refractivity contribution >= 4 is 5.91 Å². The first kappa shape index (κ1) is 17.4. The van der Waals surface area contributed by atoms with E-state index in [2.05, 4.69) is 39.5 Å². The van der Waals surface area contributed by atoms with Crippen LogP contribution >= 0.6 is 0 Å². The lowest BCUT2D eigenvalue weighted by Crippen LogP contribution is -2.24. The second-order valence-corrected chi connectivity index (χ2v) is 6.43. The predicted octanol–water partition coefficient (Wildman–Crippen LogP) is 3.06. The van der Waals surface area contributed by atoms with Crippen molar-refractivity contribution in [3.05, 3.63) is 59.4 Å². The summed E-state index contributed by atoms with van der Waals surface area (Å²) in [6.45, 7) is 3.95. The molecule has 0 radical (unpaired) electrons. The highest BCUT2D eigenvalue weighted by Crippen LogP contribution is 2.34. The van der Waals surface area contributed by atoms with E-state index < -0.39 is 0 Å². The predicted molar refractivity (Wildman–Crippen MR) is 97.1 cm³/mol. The molecule has 1 aromatic carbocycles. The summed E-state index contributed by atoms with van der Waals surface area (Å²) in [7, 11) is 1.72. The number of carbonyl (C=O) groups excluding carboxylic acids is 1. The third-order valence-electron chi connectivity index (χ3n) is 4.67. The van der Waals surface area contributed by atoms with Gasteiger partial charge < -0.3 is 10.1 Å². The maximum absolute atomic E-state index is 11.1. The van der Waals surface area contributed by atoms with Crippen molar-refractivity contribution in [2.75, 3.05) is 13.7 Å². The quantitative estimate of drug-likeness (QED) is 0.879. The lowest BCUT2D eigenvalue weighted by atomic mass is 10.0. The number of ether oxygens (including phenoxy) is 1. The molecule has 0 saturated carbocycles. The van der Waals surface area contributed by atoms with Gasteiger partial charge in [-0.3, -0.25) is 14.7 Å². The number of benzene rings is 1. The van der Waals surface area contributed by atoms with E-state index in [9.17, 15) is 4.79 Å². The van der Waals surface area contributed by atoms with Crippen molar-refractivity contribution in [2.24, 2.45) is 0 Å². The molecule has 1 aromatic heterocycles. The number of rotatable bonds is 6. The summed E-state index contributed by atoms with van der Waals surface area (Å²) in [5.41, 5.74) is 3.38. The minimum atomic E-state index is -0.0362. The molecule has 5 heteroatoms. The van der Waals surface area contributed by atoms with E-state index in [1.807, 2.05) is 18.3 Å². The largest absolute Gasteiger partial charge is 0.496 e. The molecule has 1 saturated heterocycles. The number of nitrogens with zero attached hydrogens (tertiary/aromatic N) is 2. The van der Waals surface area contributed by atoms with E-state index in [-0.39, 0.29) is 5.91 Å². The molecule has 0 bridgehead atoms. The third kappa shape index (κ3) is 4.37. The van der Waals surface area contributed by atoms with Gasteiger partial charge in [0.15, 0.2) is 0 Å². The summed E-state index contributed by atoms with van der Waals surface area (Å²) < 4.78 is 5.49. The van der Waals surface area contributed by atoms with Crippen molar-refractivity contribution in [3.8, 4) is 5.75 Å². The van der Waals surface area contributed by atoms with Crippen molar-refractivity contribution in [2.45, 2.75) is 38.9 Å². The molecule has 132 valence electrons. The van der Waals surface area contributed by atoms with E-state index in [1.165, 1.54) is 24.5 Å². The number of carbonyl (C=O) groups is 1. The standard InChI is InChI=1S/C20H25N3O2/c1-15(24)22-13-18-12-16(9-10-21-18)19-7-5-11-23(19)14-17-6-3-4-8-20(17)25-2/h3-4,6,8-10,12,19H,5,7,11,13-14H2,1-2H3,(H,22,24)/t19-/m0/s1. The molecule has 1 fully saturated rings. The molecule has 0 aliphatic carbocycles. The Labute approximate surface area is 149 Å². The number of amides is 1. The molecule has 0 unspecified atom stereocenters. The van der Waals surface area contributed by atoms with Gasteiger partial charge >= 0.3 is 0 Å². The molecular weight excluding hydrogens is 314 g/mol. The fourth-order valence-corrected chi connectivity index (χ4v) is 3.46. The fourth-order valence-electron chi connectivity index (χ4n) is 3.46. The van der Waals surface area contributed by atoms with Gasteiger partial charge in [-0.25, -0.2) is 0 Å². The van der Waals surface area contributed by atoms with E-state index >= 15 is 0 Å². The smallest absolute Gasteiger partial charge is 0.217 e. The van der Waals surface area contributed by atoms with Gasteiger partial charge in [0.25, 0.3) is 0 Å². The average molecular weight is 339 g/mol. The Hall–Kier alpha value is -2.40. The van der Waals surface area contributed by atoms with Crippen LogP contribution in [0.5, 0.6) is 5.75 Å². The molecule has 1 N–H and O–H groups in total. The van der Waals surface area contributed by atoms with Gasteiger partial charge in [-0.2, -0.15) is 0 Å². The molecule has 5 nitrogen and oxygen atoms in total. The maximum atomic E-state index is 11.1. The summed E-state index contributed by atoms with van der Waals surface area (Å²) in [5, 5.41) is 2.81. The molecule has 1 amide bonds. The van der Waals surface area contributed by atoms with Crippen LogP contribution in [0.4, 0.5) is 0 Å². The minimum Gasteiger partial charge on any atom is -0.496 e. The normalized spacial score (nSPS) is 17.4. The van der Waals surface area contributed by atoms with E-state index in [0.717, 1.165) is 31.0 Å². The highest BCUT2D eigenvalue weighted by molar-refractivity contribution is 5.72. The van der Waals surface area contributed by atoms with Crippen LogP contribution < -0.4 is 10.1 Å². The Bertz CT molecular complexity index is 732. The van der Waals surface area contributed by atoms with Gasteiger partial charge in [-0.05, 0) is 43.1 Å². The van der Waals surface area contributed by atoms with Crippen LogP contribution in [0.2, 0.25) is 0 Å². The second-order valence-electron chi connectivity index (χ2n) is 6.43. The summed E-state index contributed by atoms with van der Waals surface area (Å²) in [4.78, 5) is 18.0. The van der Waals surface area contributed by atoms with E-state index in [0.29, 0.717) is 12.6 Å². The van der Waals surface area contributed by atoms with Crippen LogP contribution in [-0.2, 0) is 17.9 Å². The molecule has 3 rings (SSSR count). The van der Waals surface area contributed by atoms with Gasteiger partial charge in [0, 0.05) is 31.3 Å². The van der Waals surface area contributed by atoms with E-state index in [1.54, 1.807) is 7.11 Å². The number of hydrogen-bond donors (Lipinski definition) is 1. The number of pyridine rings is 1. The second kappa shape index (κ2) is 8.12. The van der Waals surface area contributed by atoms with Gasteiger partial charge in [0.1, 0.15) is 5.75 Å². The highest BCUT2D eigenvalue weighted by atomic mass is 16.5. The van der Waals surface area contributed by atoms with Crippen molar-refractivity contribution in [1.29, 1.82) is 0 Å². The van der Waals surface area contributed by atoms with Gasteiger partial charge in [-0.15, -0.1) is 0 Å². The number of aromatic nitrogens is 1. The van der Waals surface area contributed by atoms with Crippen molar-refractivity contribution in [1.82, 2.24) is 15.2 Å².